The zero-order chi connectivity index (χ0) is 26.6. The van der Waals surface area contributed by atoms with Crippen molar-refractivity contribution in [1.82, 2.24) is 0 Å². The van der Waals surface area contributed by atoms with Crippen molar-refractivity contribution >= 4 is 17.5 Å². The van der Waals surface area contributed by atoms with Gasteiger partial charge in [-0.1, -0.05) is 13.0 Å². The summed E-state index contributed by atoms with van der Waals surface area (Å²) in [5.74, 6) is -6.62. The van der Waals surface area contributed by atoms with Crippen molar-refractivity contribution < 1.29 is 46.9 Å². The van der Waals surface area contributed by atoms with Gasteiger partial charge in [0.25, 0.3) is 0 Å². The van der Waals surface area contributed by atoms with Gasteiger partial charge in [0.05, 0.1) is 12.2 Å². The van der Waals surface area contributed by atoms with E-state index in [4.69, 9.17) is 14.2 Å². The summed E-state index contributed by atoms with van der Waals surface area (Å²) >= 11 is 0. The van der Waals surface area contributed by atoms with Gasteiger partial charge in [-0.2, -0.15) is 0 Å². The van der Waals surface area contributed by atoms with E-state index in [2.05, 4.69) is 0 Å². The largest absolute Gasteiger partial charge is 0.458 e. The molecular weight excluding hydrogens is 481 g/mol. The molecule has 7 nitrogen and oxygen atoms in total. The van der Waals surface area contributed by atoms with Crippen LogP contribution in [-0.4, -0.2) is 64.7 Å². The Labute approximate surface area is 207 Å². The molecule has 0 radical (unpaired) electrons. The number of halogens is 3. The molecule has 1 saturated heterocycles. The minimum atomic E-state index is -2.52. The summed E-state index contributed by atoms with van der Waals surface area (Å²) in [5, 5.41) is 11.4. The molecule has 1 heterocycles. The molecule has 0 aromatic carbocycles. The molecule has 0 aromatic rings. The highest BCUT2D eigenvalue weighted by Gasteiger charge is 2.81. The summed E-state index contributed by atoms with van der Waals surface area (Å²) < 4.78 is 65.1. The van der Waals surface area contributed by atoms with Gasteiger partial charge in [-0.25, -0.2) is 13.2 Å². The molecule has 0 aromatic heterocycles. The third-order valence-corrected chi connectivity index (χ3v) is 9.52. The number of hydrogen-bond acceptors (Lipinski definition) is 7. The fourth-order valence-electron chi connectivity index (χ4n) is 8.17. The lowest BCUT2D eigenvalue weighted by atomic mass is 9.44. The van der Waals surface area contributed by atoms with E-state index in [1.165, 1.54) is 6.92 Å². The standard InChI is InChI=1S/C26H31F3O7/c1-12(30)34-11-18(33)26-19(35-22(2,3)36-26)9-13-14-8-15(27)20-21(28)16(31)6-7-23(20,4)25(14,29)17(32)10-24(13,26)5/h6-7,13-15,17,19,32H,8-11H2,1-5H3/t13-,14-,15-,17-,19+,23-,24-,25-,26+/m0/s1. The molecule has 0 spiro atoms. The first-order chi connectivity index (χ1) is 16.5. The average Bonchev–Trinajstić information content (AvgIpc) is 3.18. The van der Waals surface area contributed by atoms with E-state index in [1.54, 1.807) is 20.8 Å². The number of hydrogen-bond donors (Lipinski definition) is 1. The SMILES string of the molecule is CC(=O)OCC(=O)[C@@]12OC(C)(C)O[C@@H]1C[C@H]1[C@@H]3C[C@H](F)C4=C(F)C(=O)C=C[C@]4(C)[C@@]3(F)[C@@H](O)C[C@@]12C. The number of carbonyl (C=O) groups excluding carboxylic acids is 3. The number of aliphatic hydroxyl groups is 1. The number of carbonyl (C=O) groups is 3. The Hall–Kier alpha value is -2.04. The average molecular weight is 513 g/mol. The Bertz CT molecular complexity index is 1120. The monoisotopic (exact) mass is 512 g/mol. The van der Waals surface area contributed by atoms with Crippen LogP contribution in [0.25, 0.3) is 0 Å². The Morgan fingerprint density at radius 3 is 2.50 bits per heavy atom. The van der Waals surface area contributed by atoms with Crippen molar-refractivity contribution in [2.75, 3.05) is 6.61 Å². The summed E-state index contributed by atoms with van der Waals surface area (Å²) in [5.41, 5.74) is -7.89. The molecular formula is C26H31F3O7. The second-order valence-corrected chi connectivity index (χ2v) is 11.7. The van der Waals surface area contributed by atoms with E-state index >= 15 is 8.78 Å². The van der Waals surface area contributed by atoms with Crippen LogP contribution in [0.5, 0.6) is 0 Å². The maximum atomic E-state index is 17.3. The highest BCUT2D eigenvalue weighted by molar-refractivity contribution is 6.04. The molecule has 3 saturated carbocycles. The quantitative estimate of drug-likeness (QED) is 0.580. The number of ether oxygens (including phenoxy) is 3. The normalized spacial score (nSPS) is 48.7. The van der Waals surface area contributed by atoms with Crippen LogP contribution in [0.1, 0.15) is 53.9 Å². The van der Waals surface area contributed by atoms with Crippen LogP contribution in [0, 0.1) is 22.7 Å². The Morgan fingerprint density at radius 1 is 1.19 bits per heavy atom. The number of allylic oxidation sites excluding steroid dienone is 4. The molecule has 9 atom stereocenters. The van der Waals surface area contributed by atoms with Crippen LogP contribution in [0.3, 0.4) is 0 Å². The van der Waals surface area contributed by atoms with Crippen molar-refractivity contribution in [3.05, 3.63) is 23.6 Å². The van der Waals surface area contributed by atoms with Crippen LogP contribution < -0.4 is 0 Å². The smallest absolute Gasteiger partial charge is 0.303 e. The zero-order valence-electron chi connectivity index (χ0n) is 20.9. The molecule has 198 valence electrons. The van der Waals surface area contributed by atoms with Gasteiger partial charge in [0, 0.05) is 29.2 Å². The van der Waals surface area contributed by atoms with Gasteiger partial charge in [-0.3, -0.25) is 14.4 Å². The lowest BCUT2D eigenvalue weighted by Gasteiger charge is -2.63. The third-order valence-electron chi connectivity index (χ3n) is 9.52. The van der Waals surface area contributed by atoms with E-state index in [9.17, 15) is 23.9 Å². The number of rotatable bonds is 3. The first-order valence-electron chi connectivity index (χ1n) is 12.2. The molecule has 5 aliphatic rings. The van der Waals surface area contributed by atoms with Crippen LogP contribution in [0.15, 0.2) is 23.6 Å². The number of esters is 1. The zero-order valence-corrected chi connectivity index (χ0v) is 20.9. The maximum Gasteiger partial charge on any atom is 0.303 e. The summed E-state index contributed by atoms with van der Waals surface area (Å²) in [6, 6.07) is 0. The van der Waals surface area contributed by atoms with Crippen molar-refractivity contribution in [2.45, 2.75) is 89.3 Å². The first-order valence-corrected chi connectivity index (χ1v) is 12.2. The minimum Gasteiger partial charge on any atom is -0.458 e. The summed E-state index contributed by atoms with van der Waals surface area (Å²) in [6.07, 6.45) is -3.13. The predicted molar refractivity (Wildman–Crippen MR) is 118 cm³/mol. The highest BCUT2D eigenvalue weighted by Crippen LogP contribution is 2.72. The number of alkyl halides is 2. The highest BCUT2D eigenvalue weighted by atomic mass is 19.2. The Morgan fingerprint density at radius 2 is 1.86 bits per heavy atom. The number of Topliss-reactive ketones (excluding diaryl/α,β-unsaturated/α-hetero) is 1. The van der Waals surface area contributed by atoms with Crippen molar-refractivity contribution in [1.29, 1.82) is 0 Å². The lowest BCUT2D eigenvalue weighted by molar-refractivity contribution is -0.249. The molecule has 4 fully saturated rings. The van der Waals surface area contributed by atoms with Gasteiger partial charge < -0.3 is 19.3 Å². The summed E-state index contributed by atoms with van der Waals surface area (Å²) in [4.78, 5) is 37.0. The third kappa shape index (κ3) is 2.89. The van der Waals surface area contributed by atoms with Crippen LogP contribution >= 0.6 is 0 Å². The first kappa shape index (κ1) is 25.6. The van der Waals surface area contributed by atoms with Crippen molar-refractivity contribution in [3.8, 4) is 0 Å². The van der Waals surface area contributed by atoms with Gasteiger partial charge in [0.2, 0.25) is 11.6 Å². The molecule has 0 bridgehead atoms. The van der Waals surface area contributed by atoms with E-state index < -0.39 is 100 Å². The molecule has 1 aliphatic heterocycles. The topological polar surface area (TPSA) is 99.1 Å². The van der Waals surface area contributed by atoms with E-state index in [-0.39, 0.29) is 12.8 Å². The summed E-state index contributed by atoms with van der Waals surface area (Å²) in [7, 11) is 0. The van der Waals surface area contributed by atoms with E-state index in [0.717, 1.165) is 19.1 Å². The molecule has 5 rings (SSSR count). The second kappa shape index (κ2) is 7.51. The second-order valence-electron chi connectivity index (χ2n) is 11.7. The molecule has 10 heteroatoms. The fraction of sp³-hybridized carbons (Fsp3) is 0.731. The van der Waals surface area contributed by atoms with Crippen molar-refractivity contribution in [2.24, 2.45) is 22.7 Å². The molecule has 0 amide bonds. The van der Waals surface area contributed by atoms with Gasteiger partial charge in [-0.05, 0) is 52.0 Å². The number of fused-ring (bicyclic) bond motifs is 7. The molecule has 4 aliphatic carbocycles. The predicted octanol–water partition coefficient (Wildman–Crippen LogP) is 3.23. The Balaban J connectivity index is 1.63. The van der Waals surface area contributed by atoms with E-state index in [0.29, 0.717) is 0 Å². The van der Waals surface area contributed by atoms with Crippen molar-refractivity contribution in [3.63, 3.8) is 0 Å². The maximum absolute atomic E-state index is 17.3. The Kier molecular flexibility index (Phi) is 5.34. The number of ketones is 2. The van der Waals surface area contributed by atoms with Gasteiger partial charge in [-0.15, -0.1) is 0 Å². The molecule has 1 N–H and O–H groups in total. The van der Waals surface area contributed by atoms with Gasteiger partial charge in [0.15, 0.2) is 29.5 Å². The van der Waals surface area contributed by atoms with Gasteiger partial charge in [0.1, 0.15) is 6.17 Å². The van der Waals surface area contributed by atoms with Gasteiger partial charge >= 0.3 is 5.97 Å². The molecule has 0 unspecified atom stereocenters. The minimum absolute atomic E-state index is 0.127. The van der Waals surface area contributed by atoms with Crippen LogP contribution in [0.2, 0.25) is 0 Å². The summed E-state index contributed by atoms with van der Waals surface area (Å²) in [6.45, 7) is 6.83. The fourth-order valence-corrected chi connectivity index (χ4v) is 8.17. The molecule has 36 heavy (non-hydrogen) atoms. The van der Waals surface area contributed by atoms with E-state index in [1.807, 2.05) is 0 Å². The van der Waals surface area contributed by atoms with Crippen LogP contribution in [-0.2, 0) is 28.6 Å². The number of aliphatic hydroxyl groups excluding tert-OH is 1. The lowest BCUT2D eigenvalue weighted by Crippen LogP contribution is -2.71. The van der Waals surface area contributed by atoms with Crippen LogP contribution in [0.4, 0.5) is 13.2 Å².